The Morgan fingerprint density at radius 2 is 1.84 bits per heavy atom. The number of halogens is 2. The van der Waals surface area contributed by atoms with Crippen molar-refractivity contribution in [3.63, 3.8) is 0 Å². The molecular formula is C24H24Cl2N4O2. The number of carbonyl (C=O) groups is 2. The number of hydrogen-bond donors (Lipinski definition) is 2. The van der Waals surface area contributed by atoms with Crippen LogP contribution in [0.15, 0.2) is 59.4 Å². The molecule has 4 rings (SSSR count). The fraction of sp³-hybridized carbons (Fsp3) is 0.292. The standard InChI is InChI=1S/C24H24Cl2N4O2/c1-24(26)10-9-21(27-15-24)29-23(32)19-13-18(25)7-8-20(19)28-22(31)17-5-3-16(4-6-17)14-30-11-2-12-30/h3-9,13,15H,2,10-12,14H2,1H3,(H,28,31)(H,29,32). The quantitative estimate of drug-likeness (QED) is 0.593. The Morgan fingerprint density at radius 3 is 2.47 bits per heavy atom. The van der Waals surface area contributed by atoms with E-state index in [1.165, 1.54) is 18.1 Å². The van der Waals surface area contributed by atoms with E-state index >= 15 is 0 Å². The molecule has 1 saturated heterocycles. The summed E-state index contributed by atoms with van der Waals surface area (Å²) in [5, 5.41) is 5.95. The SMILES string of the molecule is CC1(Cl)C=NC(NC(=O)c2cc(Cl)ccc2NC(=O)c2ccc(CN3CCC3)cc2)=CC1. The predicted octanol–water partition coefficient (Wildman–Crippen LogP) is 4.84. The summed E-state index contributed by atoms with van der Waals surface area (Å²) in [5.41, 5.74) is 2.29. The highest BCUT2D eigenvalue weighted by Crippen LogP contribution is 2.24. The van der Waals surface area contributed by atoms with Gasteiger partial charge in [-0.2, -0.15) is 0 Å². The zero-order valence-electron chi connectivity index (χ0n) is 17.7. The molecule has 1 unspecified atom stereocenters. The van der Waals surface area contributed by atoms with Crippen molar-refractivity contribution in [3.05, 3.63) is 76.1 Å². The van der Waals surface area contributed by atoms with Crippen molar-refractivity contribution in [1.82, 2.24) is 10.2 Å². The first-order chi connectivity index (χ1) is 15.3. The summed E-state index contributed by atoms with van der Waals surface area (Å²) in [6.45, 7) is 4.98. The smallest absolute Gasteiger partial charge is 0.258 e. The molecule has 0 aliphatic carbocycles. The van der Waals surface area contributed by atoms with Gasteiger partial charge in [0.15, 0.2) is 0 Å². The van der Waals surface area contributed by atoms with Crippen LogP contribution in [0.2, 0.25) is 5.02 Å². The zero-order chi connectivity index (χ0) is 22.7. The fourth-order valence-corrected chi connectivity index (χ4v) is 3.74. The Hall–Kier alpha value is -2.67. The van der Waals surface area contributed by atoms with E-state index in [1.54, 1.807) is 36.6 Å². The van der Waals surface area contributed by atoms with Crippen LogP contribution in [0.3, 0.4) is 0 Å². The molecule has 32 heavy (non-hydrogen) atoms. The lowest BCUT2D eigenvalue weighted by Gasteiger charge is -2.30. The highest BCUT2D eigenvalue weighted by molar-refractivity contribution is 6.32. The van der Waals surface area contributed by atoms with Gasteiger partial charge in [-0.05, 0) is 74.8 Å². The third-order valence-corrected chi connectivity index (χ3v) is 5.94. The number of benzene rings is 2. The molecule has 8 heteroatoms. The molecule has 1 fully saturated rings. The molecule has 1 atom stereocenters. The first kappa shape index (κ1) is 22.5. The van der Waals surface area contributed by atoms with Crippen molar-refractivity contribution in [2.75, 3.05) is 18.4 Å². The van der Waals surface area contributed by atoms with Crippen LogP contribution in [0.4, 0.5) is 5.69 Å². The third kappa shape index (κ3) is 5.57. The number of nitrogens with zero attached hydrogens (tertiary/aromatic N) is 2. The molecule has 0 aromatic heterocycles. The molecule has 2 amide bonds. The van der Waals surface area contributed by atoms with Crippen LogP contribution >= 0.6 is 23.2 Å². The number of amides is 2. The van der Waals surface area contributed by atoms with Gasteiger partial charge in [-0.25, -0.2) is 4.99 Å². The number of hydrogen-bond acceptors (Lipinski definition) is 4. The third-order valence-electron chi connectivity index (χ3n) is 5.45. The Bertz CT molecular complexity index is 1090. The molecule has 2 heterocycles. The van der Waals surface area contributed by atoms with Crippen molar-refractivity contribution in [2.24, 2.45) is 4.99 Å². The van der Waals surface area contributed by atoms with Crippen LogP contribution in [0.5, 0.6) is 0 Å². The molecule has 6 nitrogen and oxygen atoms in total. The number of anilines is 1. The lowest BCUT2D eigenvalue weighted by atomic mass is 10.1. The van der Waals surface area contributed by atoms with E-state index < -0.39 is 10.8 Å². The Labute approximate surface area is 197 Å². The van der Waals surface area contributed by atoms with Gasteiger partial charge in [-0.3, -0.25) is 14.5 Å². The molecule has 0 spiro atoms. The molecule has 2 aromatic carbocycles. The van der Waals surface area contributed by atoms with Gasteiger partial charge >= 0.3 is 0 Å². The Kier molecular flexibility index (Phi) is 6.65. The molecule has 2 aromatic rings. The number of carbonyl (C=O) groups excluding carboxylic acids is 2. The summed E-state index contributed by atoms with van der Waals surface area (Å²) in [4.78, 5) is 31.7. The molecule has 2 aliphatic heterocycles. The Morgan fingerprint density at radius 1 is 1.09 bits per heavy atom. The van der Waals surface area contributed by atoms with Crippen molar-refractivity contribution in [3.8, 4) is 0 Å². The summed E-state index contributed by atoms with van der Waals surface area (Å²) in [6.07, 6.45) is 5.14. The first-order valence-electron chi connectivity index (χ1n) is 10.5. The van der Waals surface area contributed by atoms with E-state index in [2.05, 4.69) is 20.5 Å². The van der Waals surface area contributed by atoms with E-state index in [0.717, 1.165) is 19.6 Å². The van der Waals surface area contributed by atoms with E-state index in [0.29, 0.717) is 28.5 Å². The normalized spacial score (nSPS) is 20.3. The maximum absolute atomic E-state index is 12.9. The number of aliphatic imine (C=N–C) groups is 1. The van der Waals surface area contributed by atoms with Gasteiger partial charge in [-0.1, -0.05) is 23.7 Å². The predicted molar refractivity (Wildman–Crippen MR) is 129 cm³/mol. The van der Waals surface area contributed by atoms with Crippen LogP contribution in [0.1, 0.15) is 46.0 Å². The molecule has 2 aliphatic rings. The van der Waals surface area contributed by atoms with Gasteiger partial charge in [0.25, 0.3) is 11.8 Å². The maximum Gasteiger partial charge on any atom is 0.258 e. The van der Waals surface area contributed by atoms with Gasteiger partial charge in [0.05, 0.1) is 16.1 Å². The maximum atomic E-state index is 12.9. The number of alkyl halides is 1. The van der Waals surface area contributed by atoms with Crippen LogP contribution in [0.25, 0.3) is 0 Å². The average Bonchev–Trinajstić information content (AvgIpc) is 2.74. The minimum atomic E-state index is -0.561. The summed E-state index contributed by atoms with van der Waals surface area (Å²) >= 11 is 12.3. The van der Waals surface area contributed by atoms with Crippen LogP contribution < -0.4 is 10.6 Å². The second-order valence-electron chi connectivity index (χ2n) is 8.25. The summed E-state index contributed by atoms with van der Waals surface area (Å²) < 4.78 is 0. The second-order valence-corrected chi connectivity index (χ2v) is 9.55. The number of allylic oxidation sites excluding steroid dienone is 1. The van der Waals surface area contributed by atoms with Crippen molar-refractivity contribution in [2.45, 2.75) is 31.2 Å². The topological polar surface area (TPSA) is 73.8 Å². The molecule has 0 radical (unpaired) electrons. The molecular weight excluding hydrogens is 447 g/mol. The summed E-state index contributed by atoms with van der Waals surface area (Å²) in [6, 6.07) is 12.3. The van der Waals surface area contributed by atoms with Crippen LogP contribution in [0, 0.1) is 0 Å². The highest BCUT2D eigenvalue weighted by atomic mass is 35.5. The van der Waals surface area contributed by atoms with E-state index in [-0.39, 0.29) is 11.5 Å². The van der Waals surface area contributed by atoms with Gasteiger partial charge in [0.2, 0.25) is 0 Å². The number of likely N-dealkylation sites (tertiary alicyclic amines) is 1. The zero-order valence-corrected chi connectivity index (χ0v) is 19.2. The van der Waals surface area contributed by atoms with Crippen LogP contribution in [-0.4, -0.2) is 40.9 Å². The molecule has 2 N–H and O–H groups in total. The molecule has 166 valence electrons. The van der Waals surface area contributed by atoms with Gasteiger partial charge in [-0.15, -0.1) is 11.6 Å². The fourth-order valence-electron chi connectivity index (χ4n) is 3.44. The molecule has 0 saturated carbocycles. The van der Waals surface area contributed by atoms with Crippen molar-refractivity contribution in [1.29, 1.82) is 0 Å². The highest BCUT2D eigenvalue weighted by Gasteiger charge is 2.22. The van der Waals surface area contributed by atoms with Gasteiger partial charge in [0, 0.05) is 23.3 Å². The minimum absolute atomic E-state index is 0.246. The first-order valence-corrected chi connectivity index (χ1v) is 11.2. The van der Waals surface area contributed by atoms with E-state index in [4.69, 9.17) is 23.2 Å². The number of nitrogens with one attached hydrogen (secondary N) is 2. The van der Waals surface area contributed by atoms with Crippen molar-refractivity contribution >= 4 is 46.9 Å². The second kappa shape index (κ2) is 9.45. The number of rotatable bonds is 6. The van der Waals surface area contributed by atoms with E-state index in [9.17, 15) is 9.59 Å². The minimum Gasteiger partial charge on any atom is -0.321 e. The lowest BCUT2D eigenvalue weighted by Crippen LogP contribution is -2.36. The summed E-state index contributed by atoms with van der Waals surface area (Å²) in [7, 11) is 0. The lowest BCUT2D eigenvalue weighted by molar-refractivity contribution is 0.0966. The van der Waals surface area contributed by atoms with Crippen molar-refractivity contribution < 1.29 is 9.59 Å². The summed E-state index contributed by atoms with van der Waals surface area (Å²) in [5.74, 6) is -0.317. The average molecular weight is 471 g/mol. The molecule has 0 bridgehead atoms. The largest absolute Gasteiger partial charge is 0.321 e. The van der Waals surface area contributed by atoms with E-state index in [1.807, 2.05) is 19.1 Å². The van der Waals surface area contributed by atoms with Crippen LogP contribution in [-0.2, 0) is 6.54 Å². The Balaban J connectivity index is 1.45. The monoisotopic (exact) mass is 470 g/mol. The van der Waals surface area contributed by atoms with Gasteiger partial charge in [0.1, 0.15) is 5.82 Å². The van der Waals surface area contributed by atoms with Gasteiger partial charge < -0.3 is 10.6 Å².